The molecule has 26 heavy (non-hydrogen) atoms. The fraction of sp³-hybridized carbons (Fsp3) is 0.300. The first-order chi connectivity index (χ1) is 12.4. The van der Waals surface area contributed by atoms with E-state index in [2.05, 4.69) is 42.0 Å². The van der Waals surface area contributed by atoms with Gasteiger partial charge < -0.3 is 0 Å². The molecule has 0 spiro atoms. The van der Waals surface area contributed by atoms with Crippen LogP contribution >= 0.6 is 0 Å². The van der Waals surface area contributed by atoms with Crippen LogP contribution in [-0.2, 0) is 17.8 Å². The van der Waals surface area contributed by atoms with Crippen molar-refractivity contribution in [2.45, 2.75) is 32.9 Å². The summed E-state index contributed by atoms with van der Waals surface area (Å²) in [5.74, 6) is -1.25. The average Bonchev–Trinajstić information content (AvgIpc) is 2.66. The van der Waals surface area contributed by atoms with E-state index in [1.807, 2.05) is 11.9 Å². The molecule has 0 unspecified atom stereocenters. The topological polar surface area (TPSA) is 61.4 Å². The maximum atomic E-state index is 12.9. The number of amides is 2. The maximum Gasteiger partial charge on any atom is 0.269 e. The number of carbonyl (C=O) groups is 2. The number of halogens is 1. The van der Waals surface area contributed by atoms with Crippen LogP contribution in [-0.4, -0.2) is 29.8 Å². The molecule has 5 nitrogen and oxygen atoms in total. The first-order valence-electron chi connectivity index (χ1n) is 8.54. The summed E-state index contributed by atoms with van der Waals surface area (Å²) in [6.45, 7) is 4.48. The zero-order valence-corrected chi connectivity index (χ0v) is 15.3. The monoisotopic (exact) mass is 357 g/mol. The maximum absolute atomic E-state index is 12.9. The summed E-state index contributed by atoms with van der Waals surface area (Å²) in [6, 6.07) is 12.9. The quantitative estimate of drug-likeness (QED) is 0.782. The van der Waals surface area contributed by atoms with Crippen molar-refractivity contribution >= 4 is 11.8 Å². The Bertz CT molecular complexity index is 745. The Morgan fingerprint density at radius 1 is 1.00 bits per heavy atom. The van der Waals surface area contributed by atoms with Gasteiger partial charge in [0.15, 0.2) is 0 Å². The molecule has 0 aliphatic carbocycles. The van der Waals surface area contributed by atoms with Gasteiger partial charge in [0.05, 0.1) is 6.04 Å². The van der Waals surface area contributed by atoms with Crippen molar-refractivity contribution in [2.75, 3.05) is 7.05 Å². The molecular formula is C20H24FN3O2. The molecule has 2 N–H and O–H groups in total. The Labute approximate surface area is 153 Å². The highest BCUT2D eigenvalue weighted by molar-refractivity contribution is 5.95. The van der Waals surface area contributed by atoms with Gasteiger partial charge in [-0.2, -0.15) is 0 Å². The van der Waals surface area contributed by atoms with Gasteiger partial charge in [0.25, 0.3) is 11.8 Å². The lowest BCUT2D eigenvalue weighted by molar-refractivity contribution is -0.126. The molecule has 0 aromatic heterocycles. The van der Waals surface area contributed by atoms with E-state index in [4.69, 9.17) is 0 Å². The lowest BCUT2D eigenvalue weighted by Crippen LogP contribution is -2.50. The highest BCUT2D eigenvalue weighted by atomic mass is 19.1. The molecule has 0 bridgehead atoms. The van der Waals surface area contributed by atoms with E-state index in [-0.39, 0.29) is 11.5 Å². The molecule has 0 aliphatic heterocycles. The molecule has 2 aromatic rings. The standard InChI is InChI=1S/C20H24FN3O2/c1-4-15-5-7-16(8-6-15)13-24(3)14(2)19(25)22-23-20(26)17-9-11-18(21)12-10-17/h5-12,14H,4,13H2,1-3H3,(H,22,25)(H,23,26)/t14-/m1/s1. The number of aryl methyl sites for hydroxylation is 1. The lowest BCUT2D eigenvalue weighted by atomic mass is 10.1. The summed E-state index contributed by atoms with van der Waals surface area (Å²) in [5, 5.41) is 0. The van der Waals surface area contributed by atoms with Gasteiger partial charge in [-0.25, -0.2) is 4.39 Å². The number of likely N-dealkylation sites (N-methyl/N-ethyl adjacent to an activating group) is 1. The Hall–Kier alpha value is -2.73. The molecule has 0 fully saturated rings. The second kappa shape index (κ2) is 9.10. The van der Waals surface area contributed by atoms with Crippen LogP contribution in [0.1, 0.15) is 35.3 Å². The minimum absolute atomic E-state index is 0.267. The van der Waals surface area contributed by atoms with Gasteiger partial charge in [-0.05, 0) is 55.8 Å². The molecular weight excluding hydrogens is 333 g/mol. The number of hydrogen-bond acceptors (Lipinski definition) is 3. The molecule has 2 rings (SSSR count). The summed E-state index contributed by atoms with van der Waals surface area (Å²) in [7, 11) is 1.85. The third kappa shape index (κ3) is 5.39. The molecule has 2 amide bonds. The Morgan fingerprint density at radius 3 is 2.15 bits per heavy atom. The van der Waals surface area contributed by atoms with Crippen molar-refractivity contribution < 1.29 is 14.0 Å². The molecule has 2 aromatic carbocycles. The number of nitrogens with one attached hydrogen (secondary N) is 2. The van der Waals surface area contributed by atoms with E-state index >= 15 is 0 Å². The van der Waals surface area contributed by atoms with Crippen LogP contribution in [0.5, 0.6) is 0 Å². The highest BCUT2D eigenvalue weighted by Crippen LogP contribution is 2.09. The zero-order valence-electron chi connectivity index (χ0n) is 15.3. The largest absolute Gasteiger partial charge is 0.291 e. The van der Waals surface area contributed by atoms with Crippen LogP contribution in [0.2, 0.25) is 0 Å². The summed E-state index contributed by atoms with van der Waals surface area (Å²) < 4.78 is 12.9. The van der Waals surface area contributed by atoms with Crippen molar-refractivity contribution in [3.63, 3.8) is 0 Å². The molecule has 6 heteroatoms. The van der Waals surface area contributed by atoms with Crippen LogP contribution in [0.25, 0.3) is 0 Å². The van der Waals surface area contributed by atoms with Crippen LogP contribution in [0.4, 0.5) is 4.39 Å². The van der Waals surface area contributed by atoms with Gasteiger partial charge >= 0.3 is 0 Å². The number of hydrogen-bond donors (Lipinski definition) is 2. The fourth-order valence-corrected chi connectivity index (χ4v) is 2.40. The highest BCUT2D eigenvalue weighted by Gasteiger charge is 2.19. The fourth-order valence-electron chi connectivity index (χ4n) is 2.40. The summed E-state index contributed by atoms with van der Waals surface area (Å²) in [4.78, 5) is 26.1. The van der Waals surface area contributed by atoms with Gasteiger partial charge in [-0.3, -0.25) is 25.3 Å². The second-order valence-corrected chi connectivity index (χ2v) is 6.21. The van der Waals surface area contributed by atoms with Crippen molar-refractivity contribution in [2.24, 2.45) is 0 Å². The van der Waals surface area contributed by atoms with Gasteiger partial charge in [0.2, 0.25) is 0 Å². The number of nitrogens with zero attached hydrogens (tertiary/aromatic N) is 1. The Balaban J connectivity index is 1.85. The number of hydrazine groups is 1. The number of rotatable bonds is 6. The minimum atomic E-state index is -0.497. The summed E-state index contributed by atoms with van der Waals surface area (Å²) >= 11 is 0. The van der Waals surface area contributed by atoms with Crippen molar-refractivity contribution in [3.05, 3.63) is 71.0 Å². The van der Waals surface area contributed by atoms with E-state index < -0.39 is 17.8 Å². The van der Waals surface area contributed by atoms with Gasteiger partial charge in [0.1, 0.15) is 5.82 Å². The zero-order chi connectivity index (χ0) is 19.1. The Morgan fingerprint density at radius 2 is 1.58 bits per heavy atom. The van der Waals surface area contributed by atoms with Crippen LogP contribution in [0, 0.1) is 5.82 Å². The normalized spacial score (nSPS) is 11.9. The van der Waals surface area contributed by atoms with E-state index in [0.717, 1.165) is 12.0 Å². The third-order valence-corrected chi connectivity index (χ3v) is 4.31. The van der Waals surface area contributed by atoms with E-state index in [9.17, 15) is 14.0 Å². The molecule has 0 saturated heterocycles. The van der Waals surface area contributed by atoms with Crippen LogP contribution < -0.4 is 10.9 Å². The smallest absolute Gasteiger partial charge is 0.269 e. The summed E-state index contributed by atoms with van der Waals surface area (Å²) in [6.07, 6.45) is 0.989. The van der Waals surface area contributed by atoms with Crippen molar-refractivity contribution in [1.82, 2.24) is 15.8 Å². The van der Waals surface area contributed by atoms with Crippen LogP contribution in [0.3, 0.4) is 0 Å². The third-order valence-electron chi connectivity index (χ3n) is 4.31. The number of carbonyl (C=O) groups excluding carboxylic acids is 2. The average molecular weight is 357 g/mol. The van der Waals surface area contributed by atoms with Gasteiger partial charge in [-0.1, -0.05) is 31.2 Å². The number of benzene rings is 2. The van der Waals surface area contributed by atoms with E-state index in [0.29, 0.717) is 6.54 Å². The lowest BCUT2D eigenvalue weighted by Gasteiger charge is -2.24. The first kappa shape index (κ1) is 19.6. The molecule has 0 radical (unpaired) electrons. The van der Waals surface area contributed by atoms with Crippen molar-refractivity contribution in [3.8, 4) is 0 Å². The molecule has 0 aliphatic rings. The first-order valence-corrected chi connectivity index (χ1v) is 8.54. The van der Waals surface area contributed by atoms with Crippen molar-refractivity contribution in [1.29, 1.82) is 0 Å². The van der Waals surface area contributed by atoms with Crippen LogP contribution in [0.15, 0.2) is 48.5 Å². The Kier molecular flexibility index (Phi) is 6.86. The molecule has 0 heterocycles. The van der Waals surface area contributed by atoms with E-state index in [1.54, 1.807) is 6.92 Å². The van der Waals surface area contributed by atoms with Gasteiger partial charge in [0, 0.05) is 12.1 Å². The van der Waals surface area contributed by atoms with Gasteiger partial charge in [-0.15, -0.1) is 0 Å². The summed E-state index contributed by atoms with van der Waals surface area (Å²) in [5.41, 5.74) is 7.40. The molecule has 0 saturated carbocycles. The van der Waals surface area contributed by atoms with E-state index in [1.165, 1.54) is 29.8 Å². The second-order valence-electron chi connectivity index (χ2n) is 6.21. The predicted octanol–water partition coefficient (Wildman–Crippen LogP) is 2.67. The minimum Gasteiger partial charge on any atom is -0.291 e. The SMILES string of the molecule is CCc1ccc(CN(C)[C@H](C)C(=O)NNC(=O)c2ccc(F)cc2)cc1. The predicted molar refractivity (Wildman–Crippen MR) is 98.8 cm³/mol. The molecule has 138 valence electrons. The molecule has 1 atom stereocenters.